The summed E-state index contributed by atoms with van der Waals surface area (Å²) in [5, 5.41) is 12.1. The maximum absolute atomic E-state index is 12.6. The summed E-state index contributed by atoms with van der Waals surface area (Å²) in [5.74, 6) is -2.53. The van der Waals surface area contributed by atoms with Gasteiger partial charge in [0.25, 0.3) is 5.76 Å². The Hall–Kier alpha value is -1.38. The third-order valence-corrected chi connectivity index (χ3v) is 4.93. The average molecular weight is 359 g/mol. The molecule has 0 saturated carbocycles. The van der Waals surface area contributed by atoms with Gasteiger partial charge in [0.15, 0.2) is 0 Å². The maximum Gasteiger partial charge on any atom is 0.321 e. The molecule has 2 N–H and O–H groups in total. The monoisotopic (exact) mass is 359 g/mol. The molecule has 0 aliphatic carbocycles. The zero-order valence-electron chi connectivity index (χ0n) is 13.6. The molecule has 0 bridgehead atoms. The molecule has 1 aromatic rings. The first-order valence-electron chi connectivity index (χ1n) is 7.99. The van der Waals surface area contributed by atoms with Crippen LogP contribution in [0.4, 0.5) is 19.3 Å². The topological polar surface area (TPSA) is 55.8 Å². The van der Waals surface area contributed by atoms with Gasteiger partial charge >= 0.3 is 6.03 Å². The molecule has 24 heavy (non-hydrogen) atoms. The molecule has 2 amide bonds. The Morgan fingerprint density at radius 3 is 2.54 bits per heavy atom. The Bertz CT molecular complexity index is 536. The van der Waals surface area contributed by atoms with Gasteiger partial charge in [-0.3, -0.25) is 4.90 Å². The molecule has 134 valence electrons. The number of rotatable bonds is 6. The molecule has 1 fully saturated rings. The van der Waals surface area contributed by atoms with E-state index in [4.69, 9.17) is 0 Å². The first-order chi connectivity index (χ1) is 11.5. The summed E-state index contributed by atoms with van der Waals surface area (Å²) in [4.78, 5) is 16.6. The van der Waals surface area contributed by atoms with Crippen LogP contribution in [0.2, 0.25) is 0 Å². The summed E-state index contributed by atoms with van der Waals surface area (Å²) in [7, 11) is 0. The fourth-order valence-corrected chi connectivity index (χ4v) is 3.35. The van der Waals surface area contributed by atoms with Crippen LogP contribution in [-0.2, 0) is 0 Å². The van der Waals surface area contributed by atoms with Crippen molar-refractivity contribution in [3.05, 3.63) is 24.3 Å². The quantitative estimate of drug-likeness (QED) is 0.767. The molecule has 0 radical (unpaired) electrons. The average Bonchev–Trinajstić information content (AvgIpc) is 2.58. The highest BCUT2D eigenvalue weighted by atomic mass is 32.2. The van der Waals surface area contributed by atoms with E-state index in [-0.39, 0.29) is 18.7 Å². The fourth-order valence-electron chi connectivity index (χ4n) is 2.76. The highest BCUT2D eigenvalue weighted by Gasteiger charge is 2.25. The first kappa shape index (κ1) is 19.0. The highest BCUT2D eigenvalue weighted by Crippen LogP contribution is 2.31. The van der Waals surface area contributed by atoms with Gasteiger partial charge in [-0.2, -0.15) is 8.78 Å². The molecular weight excluding hydrogens is 336 g/mol. The maximum atomic E-state index is 12.6. The number of thioether (sulfide) groups is 1. The van der Waals surface area contributed by atoms with Gasteiger partial charge < -0.3 is 15.3 Å². The third kappa shape index (κ3) is 5.06. The minimum Gasteiger partial charge on any atom is -0.395 e. The minimum atomic E-state index is -2.53. The summed E-state index contributed by atoms with van der Waals surface area (Å²) in [6.45, 7) is 4.62. The Kier molecular flexibility index (Phi) is 7.26. The van der Waals surface area contributed by atoms with Gasteiger partial charge in [0.1, 0.15) is 0 Å². The second-order valence-electron chi connectivity index (χ2n) is 5.57. The van der Waals surface area contributed by atoms with Crippen LogP contribution >= 0.6 is 11.8 Å². The number of para-hydroxylation sites is 1. The van der Waals surface area contributed by atoms with Crippen LogP contribution in [0.15, 0.2) is 29.2 Å². The lowest BCUT2D eigenvalue weighted by atomic mass is 10.2. The predicted octanol–water partition coefficient (Wildman–Crippen LogP) is 2.92. The molecule has 1 aliphatic rings. The number of halogens is 2. The van der Waals surface area contributed by atoms with Crippen molar-refractivity contribution in [3.8, 4) is 0 Å². The van der Waals surface area contributed by atoms with Crippen molar-refractivity contribution in [2.75, 3.05) is 38.1 Å². The zero-order chi connectivity index (χ0) is 17.5. The van der Waals surface area contributed by atoms with Crippen molar-refractivity contribution < 1.29 is 18.7 Å². The van der Waals surface area contributed by atoms with E-state index in [1.54, 1.807) is 29.2 Å². The first-order valence-corrected chi connectivity index (χ1v) is 8.87. The van der Waals surface area contributed by atoms with Crippen LogP contribution < -0.4 is 5.32 Å². The Morgan fingerprint density at radius 1 is 1.29 bits per heavy atom. The number of amides is 2. The number of anilines is 1. The standard InChI is InChI=1S/C16H23F2N3O2S/c1-2-12(11-22)20-7-9-21(10-8-20)16(23)19-13-5-3-4-6-14(13)24-15(17)18/h3-6,12,15,22H,2,7-11H2,1H3,(H,19,23). The molecule has 1 unspecified atom stereocenters. The van der Waals surface area contributed by atoms with E-state index in [9.17, 15) is 18.7 Å². The number of aliphatic hydroxyl groups excluding tert-OH is 1. The second-order valence-corrected chi connectivity index (χ2v) is 6.60. The van der Waals surface area contributed by atoms with Crippen molar-refractivity contribution in [3.63, 3.8) is 0 Å². The molecular formula is C16H23F2N3O2S. The van der Waals surface area contributed by atoms with Crippen LogP contribution in [0.1, 0.15) is 13.3 Å². The molecule has 5 nitrogen and oxygen atoms in total. The summed E-state index contributed by atoms with van der Waals surface area (Å²) in [5.41, 5.74) is 0.400. The lowest BCUT2D eigenvalue weighted by molar-refractivity contribution is 0.0766. The van der Waals surface area contributed by atoms with Crippen molar-refractivity contribution >= 4 is 23.5 Å². The number of benzene rings is 1. The molecule has 8 heteroatoms. The number of nitrogens with zero attached hydrogens (tertiary/aromatic N) is 2. The number of aliphatic hydroxyl groups is 1. The number of alkyl halides is 2. The van der Waals surface area contributed by atoms with Crippen LogP contribution in [0, 0.1) is 0 Å². The molecule has 1 aromatic carbocycles. The zero-order valence-corrected chi connectivity index (χ0v) is 14.4. The highest BCUT2D eigenvalue weighted by molar-refractivity contribution is 7.99. The number of urea groups is 1. The van der Waals surface area contributed by atoms with Crippen LogP contribution in [0.3, 0.4) is 0 Å². The van der Waals surface area contributed by atoms with E-state index in [0.29, 0.717) is 48.5 Å². The molecule has 1 heterocycles. The van der Waals surface area contributed by atoms with E-state index in [1.807, 2.05) is 6.92 Å². The summed E-state index contributed by atoms with van der Waals surface area (Å²) >= 11 is 0.421. The van der Waals surface area contributed by atoms with Gasteiger partial charge in [-0.1, -0.05) is 30.8 Å². The molecule has 2 rings (SSSR count). The van der Waals surface area contributed by atoms with E-state index in [1.165, 1.54) is 0 Å². The third-order valence-electron chi connectivity index (χ3n) is 4.14. The van der Waals surface area contributed by atoms with E-state index < -0.39 is 5.76 Å². The summed E-state index contributed by atoms with van der Waals surface area (Å²) in [6.07, 6.45) is 0.862. The van der Waals surface area contributed by atoms with Crippen molar-refractivity contribution in [1.29, 1.82) is 0 Å². The van der Waals surface area contributed by atoms with Gasteiger partial charge in [0.05, 0.1) is 12.3 Å². The smallest absolute Gasteiger partial charge is 0.321 e. The molecule has 1 saturated heterocycles. The summed E-state index contributed by atoms with van der Waals surface area (Å²) < 4.78 is 25.2. The van der Waals surface area contributed by atoms with Gasteiger partial charge in [-0.25, -0.2) is 4.79 Å². The number of hydrogen-bond donors (Lipinski definition) is 2. The van der Waals surface area contributed by atoms with Gasteiger partial charge in [0.2, 0.25) is 0 Å². The molecule has 0 spiro atoms. The second kappa shape index (κ2) is 9.19. The van der Waals surface area contributed by atoms with Crippen molar-refractivity contribution in [2.24, 2.45) is 0 Å². The number of carbonyl (C=O) groups excluding carboxylic acids is 1. The minimum absolute atomic E-state index is 0.112. The Labute approximate surface area is 145 Å². The van der Waals surface area contributed by atoms with E-state index in [2.05, 4.69) is 10.2 Å². The normalized spacial score (nSPS) is 17.1. The summed E-state index contributed by atoms with van der Waals surface area (Å²) in [6, 6.07) is 6.40. The van der Waals surface area contributed by atoms with Crippen LogP contribution in [0.25, 0.3) is 0 Å². The molecule has 0 aromatic heterocycles. The van der Waals surface area contributed by atoms with Gasteiger partial charge in [-0.05, 0) is 18.6 Å². The number of nitrogens with one attached hydrogen (secondary N) is 1. The molecule has 1 atom stereocenters. The van der Waals surface area contributed by atoms with Crippen molar-refractivity contribution in [1.82, 2.24) is 9.80 Å². The fraction of sp³-hybridized carbons (Fsp3) is 0.562. The predicted molar refractivity (Wildman–Crippen MR) is 91.6 cm³/mol. The number of hydrogen-bond acceptors (Lipinski definition) is 4. The molecule has 1 aliphatic heterocycles. The number of carbonyl (C=O) groups is 1. The van der Waals surface area contributed by atoms with Gasteiger partial charge in [0, 0.05) is 37.1 Å². The van der Waals surface area contributed by atoms with Crippen LogP contribution in [-0.4, -0.2) is 65.5 Å². The lowest BCUT2D eigenvalue weighted by Crippen LogP contribution is -2.53. The largest absolute Gasteiger partial charge is 0.395 e. The SMILES string of the molecule is CCC(CO)N1CCN(C(=O)Nc2ccccc2SC(F)F)CC1. The van der Waals surface area contributed by atoms with E-state index in [0.717, 1.165) is 6.42 Å². The van der Waals surface area contributed by atoms with Gasteiger partial charge in [-0.15, -0.1) is 0 Å². The Balaban J connectivity index is 1.92. The Morgan fingerprint density at radius 2 is 1.96 bits per heavy atom. The van der Waals surface area contributed by atoms with Crippen LogP contribution in [0.5, 0.6) is 0 Å². The van der Waals surface area contributed by atoms with Crippen molar-refractivity contribution in [2.45, 2.75) is 30.0 Å². The lowest BCUT2D eigenvalue weighted by Gasteiger charge is -2.38. The number of piperazine rings is 1. The van der Waals surface area contributed by atoms with E-state index >= 15 is 0 Å².